The second kappa shape index (κ2) is 7.35. The molecule has 7 heteroatoms. The molecule has 0 aromatic heterocycles. The molecule has 0 fully saturated rings. The fourth-order valence-corrected chi connectivity index (χ4v) is 2.45. The van der Waals surface area contributed by atoms with Crippen LogP contribution in [0.3, 0.4) is 0 Å². The van der Waals surface area contributed by atoms with E-state index in [9.17, 15) is 9.59 Å². The highest BCUT2D eigenvalue weighted by atomic mass is 35.5. The van der Waals surface area contributed by atoms with Gasteiger partial charge in [-0.05, 0) is 35.9 Å². The maximum Gasteiger partial charge on any atom is 0.339 e. The van der Waals surface area contributed by atoms with Crippen LogP contribution in [-0.4, -0.2) is 28.8 Å². The molecule has 0 amide bonds. The molecule has 0 saturated carbocycles. The average Bonchev–Trinajstić information content (AvgIpc) is 2.49. The van der Waals surface area contributed by atoms with E-state index in [1.54, 1.807) is 18.2 Å². The molecule has 0 bridgehead atoms. The summed E-state index contributed by atoms with van der Waals surface area (Å²) in [5, 5.41) is 19.1. The fraction of sp³-hybridized carbons (Fsp3) is 0.125. The molecule has 2 N–H and O–H groups in total. The monoisotopic (exact) mass is 354 g/mol. The van der Waals surface area contributed by atoms with Crippen molar-refractivity contribution in [1.29, 1.82) is 0 Å². The van der Waals surface area contributed by atoms with Gasteiger partial charge in [0, 0.05) is 16.5 Å². The van der Waals surface area contributed by atoms with Gasteiger partial charge in [-0.1, -0.05) is 29.3 Å². The first-order valence-electron chi connectivity index (χ1n) is 6.56. The van der Waals surface area contributed by atoms with Crippen LogP contribution < -0.4 is 4.74 Å². The van der Waals surface area contributed by atoms with Crippen LogP contribution in [0.2, 0.25) is 10.0 Å². The van der Waals surface area contributed by atoms with E-state index >= 15 is 0 Å². The van der Waals surface area contributed by atoms with Crippen molar-refractivity contribution in [1.82, 2.24) is 0 Å². The molecule has 5 nitrogen and oxygen atoms in total. The van der Waals surface area contributed by atoms with Gasteiger partial charge in [-0.2, -0.15) is 0 Å². The van der Waals surface area contributed by atoms with Gasteiger partial charge in [-0.3, -0.25) is 0 Å². The Bertz CT molecular complexity index is 758. The zero-order valence-electron chi connectivity index (χ0n) is 11.8. The minimum atomic E-state index is -1.19. The Morgan fingerprint density at radius 2 is 1.74 bits per heavy atom. The van der Waals surface area contributed by atoms with Crippen molar-refractivity contribution in [2.45, 2.75) is 6.42 Å². The zero-order chi connectivity index (χ0) is 17.0. The highest BCUT2D eigenvalue weighted by Gasteiger charge is 2.15. The molecule has 0 aliphatic rings. The van der Waals surface area contributed by atoms with Crippen LogP contribution in [0.15, 0.2) is 36.4 Å². The largest absolute Gasteiger partial charge is 0.492 e. The molecule has 0 radical (unpaired) electrons. The maximum atomic E-state index is 11.2. The van der Waals surface area contributed by atoms with Crippen molar-refractivity contribution in [3.8, 4) is 5.75 Å². The molecule has 2 aromatic carbocycles. The topological polar surface area (TPSA) is 83.8 Å². The van der Waals surface area contributed by atoms with Crippen LogP contribution in [0.5, 0.6) is 5.75 Å². The summed E-state index contributed by atoms with van der Waals surface area (Å²) in [5.74, 6) is -2.35. The van der Waals surface area contributed by atoms with Crippen molar-refractivity contribution < 1.29 is 24.5 Å². The van der Waals surface area contributed by atoms with Gasteiger partial charge < -0.3 is 14.9 Å². The summed E-state index contributed by atoms with van der Waals surface area (Å²) in [7, 11) is 0. The molecule has 0 aliphatic heterocycles. The molecular formula is C16H12Cl2O5. The van der Waals surface area contributed by atoms with Crippen LogP contribution in [0.25, 0.3) is 0 Å². The minimum absolute atomic E-state index is 0.00230. The lowest BCUT2D eigenvalue weighted by molar-refractivity contribution is 0.0677. The molecule has 0 aliphatic carbocycles. The second-order valence-electron chi connectivity index (χ2n) is 4.66. The molecule has 120 valence electrons. The number of rotatable bonds is 6. The van der Waals surface area contributed by atoms with E-state index in [2.05, 4.69) is 0 Å². The summed E-state index contributed by atoms with van der Waals surface area (Å²) in [4.78, 5) is 22.1. The number of carbonyl (C=O) groups is 2. The highest BCUT2D eigenvalue weighted by Crippen LogP contribution is 2.23. The molecule has 2 aromatic rings. The van der Waals surface area contributed by atoms with E-state index in [-0.39, 0.29) is 23.5 Å². The molecule has 23 heavy (non-hydrogen) atoms. The van der Waals surface area contributed by atoms with Gasteiger partial charge in [0.1, 0.15) is 11.3 Å². The number of hydrogen-bond acceptors (Lipinski definition) is 3. The normalized spacial score (nSPS) is 10.3. The lowest BCUT2D eigenvalue weighted by Gasteiger charge is -2.11. The van der Waals surface area contributed by atoms with Crippen LogP contribution in [-0.2, 0) is 6.42 Å². The third-order valence-corrected chi connectivity index (χ3v) is 3.69. The van der Waals surface area contributed by atoms with Gasteiger partial charge >= 0.3 is 11.9 Å². The van der Waals surface area contributed by atoms with Gasteiger partial charge in [-0.25, -0.2) is 9.59 Å². The minimum Gasteiger partial charge on any atom is -0.492 e. The van der Waals surface area contributed by atoms with E-state index < -0.39 is 11.9 Å². The smallest absolute Gasteiger partial charge is 0.339 e. The van der Waals surface area contributed by atoms with Crippen molar-refractivity contribution in [2.75, 3.05) is 6.61 Å². The molecule has 0 atom stereocenters. The van der Waals surface area contributed by atoms with Crippen LogP contribution in [0.4, 0.5) is 0 Å². The summed E-state index contributed by atoms with van der Waals surface area (Å²) in [6.07, 6.45) is 0.423. The molecule has 0 saturated heterocycles. The summed E-state index contributed by atoms with van der Waals surface area (Å²) in [6, 6.07) is 8.66. The third-order valence-electron chi connectivity index (χ3n) is 3.10. The Labute approximate surface area is 142 Å². The average molecular weight is 355 g/mol. The summed E-state index contributed by atoms with van der Waals surface area (Å²) in [6.45, 7) is 0.144. The maximum absolute atomic E-state index is 11.2. The molecular weight excluding hydrogens is 343 g/mol. The lowest BCUT2D eigenvalue weighted by Crippen LogP contribution is -2.08. The van der Waals surface area contributed by atoms with E-state index in [1.807, 2.05) is 0 Å². The van der Waals surface area contributed by atoms with Gasteiger partial charge in [0.25, 0.3) is 0 Å². The quantitative estimate of drug-likeness (QED) is 0.818. The van der Waals surface area contributed by atoms with Crippen LogP contribution in [0, 0.1) is 0 Å². The number of ether oxygens (including phenoxy) is 1. The predicted octanol–water partition coefficient (Wildman–Crippen LogP) is 4.01. The van der Waals surface area contributed by atoms with Gasteiger partial charge in [0.05, 0.1) is 12.2 Å². The van der Waals surface area contributed by atoms with Gasteiger partial charge in [0.15, 0.2) is 0 Å². The molecule has 0 spiro atoms. The second-order valence-corrected chi connectivity index (χ2v) is 5.50. The Morgan fingerprint density at radius 3 is 2.35 bits per heavy atom. The first-order chi connectivity index (χ1) is 10.9. The van der Waals surface area contributed by atoms with E-state index in [1.165, 1.54) is 18.2 Å². The molecule has 0 unspecified atom stereocenters. The first-order valence-corrected chi connectivity index (χ1v) is 7.31. The number of hydrogen-bond donors (Lipinski definition) is 2. The Kier molecular flexibility index (Phi) is 5.47. The molecule has 2 rings (SSSR count). The summed E-state index contributed by atoms with van der Waals surface area (Å²) in [5.41, 5.74) is 0.647. The summed E-state index contributed by atoms with van der Waals surface area (Å²) < 4.78 is 5.44. The van der Waals surface area contributed by atoms with E-state index in [4.69, 9.17) is 38.2 Å². The number of benzene rings is 2. The van der Waals surface area contributed by atoms with Crippen molar-refractivity contribution in [2.24, 2.45) is 0 Å². The Balaban J connectivity index is 2.14. The Morgan fingerprint density at radius 1 is 1.00 bits per heavy atom. The van der Waals surface area contributed by atoms with Gasteiger partial charge in [-0.15, -0.1) is 0 Å². The summed E-state index contributed by atoms with van der Waals surface area (Å²) >= 11 is 11.9. The predicted molar refractivity (Wildman–Crippen MR) is 86.0 cm³/mol. The van der Waals surface area contributed by atoms with Crippen molar-refractivity contribution >= 4 is 35.1 Å². The fourth-order valence-electron chi connectivity index (χ4n) is 1.95. The van der Waals surface area contributed by atoms with Crippen LogP contribution >= 0.6 is 23.2 Å². The number of carboxylic acid groups (broad SMARTS) is 2. The standard InChI is InChI=1S/C16H12Cl2O5/c17-11-3-1-9(13(18)8-11)5-6-23-14-7-10(15(19)20)2-4-12(14)16(21)22/h1-4,7-8H,5-6H2,(H,19,20)(H,21,22). The van der Waals surface area contributed by atoms with E-state index in [0.29, 0.717) is 16.5 Å². The molecule has 0 heterocycles. The number of carboxylic acids is 2. The lowest BCUT2D eigenvalue weighted by atomic mass is 10.1. The Hall–Kier alpha value is -2.24. The van der Waals surface area contributed by atoms with Gasteiger partial charge in [0.2, 0.25) is 0 Å². The highest BCUT2D eigenvalue weighted by molar-refractivity contribution is 6.35. The van der Waals surface area contributed by atoms with Crippen LogP contribution in [0.1, 0.15) is 26.3 Å². The SMILES string of the molecule is O=C(O)c1ccc(C(=O)O)c(OCCc2ccc(Cl)cc2Cl)c1. The van der Waals surface area contributed by atoms with E-state index in [0.717, 1.165) is 5.56 Å². The third kappa shape index (κ3) is 4.37. The van der Waals surface area contributed by atoms with Crippen molar-refractivity contribution in [3.05, 3.63) is 63.1 Å². The number of aromatic carboxylic acids is 2. The zero-order valence-corrected chi connectivity index (χ0v) is 13.3. The number of halogens is 2. The van der Waals surface area contributed by atoms with Crippen molar-refractivity contribution in [3.63, 3.8) is 0 Å². The first kappa shape index (κ1) is 17.1.